The number of β-amino-alcohol motifs (C(OH)–C–C–N with tert-alkyl or cyclic N) is 1. The van der Waals surface area contributed by atoms with Crippen LogP contribution in [-0.4, -0.2) is 45.8 Å². The van der Waals surface area contributed by atoms with Gasteiger partial charge in [-0.05, 0) is 31.5 Å². The molecule has 23 heavy (non-hydrogen) atoms. The molecule has 5 nitrogen and oxygen atoms in total. The van der Waals surface area contributed by atoms with Crippen LogP contribution in [0.1, 0.15) is 24.6 Å². The van der Waals surface area contributed by atoms with E-state index in [0.717, 1.165) is 31.8 Å². The summed E-state index contributed by atoms with van der Waals surface area (Å²) >= 11 is 12.1. The molecule has 1 saturated heterocycles. The summed E-state index contributed by atoms with van der Waals surface area (Å²) in [6.07, 6.45) is 2.01. The molecule has 0 radical (unpaired) electrons. The van der Waals surface area contributed by atoms with E-state index in [9.17, 15) is 4.79 Å². The summed E-state index contributed by atoms with van der Waals surface area (Å²) in [5, 5.41) is 10.4. The van der Waals surface area contributed by atoms with E-state index < -0.39 is 0 Å². The Labute approximate surface area is 144 Å². The third-order valence-electron chi connectivity index (χ3n) is 4.44. The molecule has 1 atom stereocenters. The van der Waals surface area contributed by atoms with E-state index in [1.54, 1.807) is 23.7 Å². The monoisotopic (exact) mass is 355 g/mol. The maximum absolute atomic E-state index is 12.6. The van der Waals surface area contributed by atoms with Crippen LogP contribution in [0.15, 0.2) is 16.9 Å². The number of hydrogen-bond donors (Lipinski definition) is 1. The predicted octanol–water partition coefficient (Wildman–Crippen LogP) is 2.41. The third kappa shape index (κ3) is 3.24. The van der Waals surface area contributed by atoms with Crippen molar-refractivity contribution in [2.75, 3.05) is 26.2 Å². The Morgan fingerprint density at radius 3 is 2.83 bits per heavy atom. The van der Waals surface area contributed by atoms with Crippen LogP contribution in [0.25, 0.3) is 10.9 Å². The van der Waals surface area contributed by atoms with Crippen LogP contribution in [0, 0.1) is 0 Å². The Balaban J connectivity index is 2.05. The van der Waals surface area contributed by atoms with E-state index >= 15 is 0 Å². The molecule has 124 valence electrons. The summed E-state index contributed by atoms with van der Waals surface area (Å²) in [5.41, 5.74) is 0.472. The number of fused-ring (bicyclic) bond motifs is 1. The van der Waals surface area contributed by atoms with E-state index in [1.807, 2.05) is 0 Å². The molecule has 0 spiro atoms. The summed E-state index contributed by atoms with van der Waals surface area (Å²) in [6, 6.07) is 3.23. The fourth-order valence-corrected chi connectivity index (χ4v) is 3.58. The van der Waals surface area contributed by atoms with E-state index in [-0.39, 0.29) is 18.1 Å². The minimum absolute atomic E-state index is 0.108. The van der Waals surface area contributed by atoms with Crippen molar-refractivity contribution in [1.29, 1.82) is 0 Å². The van der Waals surface area contributed by atoms with Gasteiger partial charge in [-0.15, -0.1) is 0 Å². The smallest absolute Gasteiger partial charge is 0.261 e. The van der Waals surface area contributed by atoms with Crippen LogP contribution in [0.2, 0.25) is 10.0 Å². The molecule has 7 heteroatoms. The fraction of sp³-hybridized carbons (Fsp3) is 0.500. The second kappa shape index (κ2) is 6.77. The van der Waals surface area contributed by atoms with Crippen molar-refractivity contribution in [3.05, 3.63) is 38.4 Å². The van der Waals surface area contributed by atoms with Gasteiger partial charge in [0.15, 0.2) is 0 Å². The predicted molar refractivity (Wildman–Crippen MR) is 92.5 cm³/mol. The summed E-state index contributed by atoms with van der Waals surface area (Å²) in [5.74, 6) is 0.940. The van der Waals surface area contributed by atoms with Gasteiger partial charge in [0.1, 0.15) is 5.82 Å². The fourth-order valence-electron chi connectivity index (χ4n) is 3.26. The first-order chi connectivity index (χ1) is 11.0. The lowest BCUT2D eigenvalue weighted by atomic mass is 9.96. The average molecular weight is 356 g/mol. The second-order valence-electron chi connectivity index (χ2n) is 5.98. The van der Waals surface area contributed by atoms with Gasteiger partial charge in [-0.25, -0.2) is 4.98 Å². The Morgan fingerprint density at radius 2 is 2.09 bits per heavy atom. The molecule has 2 heterocycles. The highest BCUT2D eigenvalue weighted by molar-refractivity contribution is 6.42. The largest absolute Gasteiger partial charge is 0.395 e. The summed E-state index contributed by atoms with van der Waals surface area (Å²) in [4.78, 5) is 19.5. The number of nitrogens with zero attached hydrogens (tertiary/aromatic N) is 3. The minimum atomic E-state index is -0.108. The zero-order chi connectivity index (χ0) is 16.6. The first-order valence-electron chi connectivity index (χ1n) is 7.70. The zero-order valence-electron chi connectivity index (χ0n) is 12.9. The van der Waals surface area contributed by atoms with Gasteiger partial charge in [0.05, 0.1) is 27.6 Å². The molecule has 0 unspecified atom stereocenters. The van der Waals surface area contributed by atoms with E-state index in [2.05, 4.69) is 9.88 Å². The summed E-state index contributed by atoms with van der Waals surface area (Å²) < 4.78 is 1.61. The number of piperidine rings is 1. The molecule has 1 aliphatic heterocycles. The van der Waals surface area contributed by atoms with Crippen molar-refractivity contribution in [2.24, 2.45) is 7.05 Å². The Bertz CT molecular complexity index is 789. The standard InChI is InChI=1S/C16H19Cl2N3O2/c1-20-15(10-3-2-4-21(9-10)5-6-22)19-14-8-13(18)12(17)7-11(14)16(20)23/h7-8,10,22H,2-6,9H2,1H3/t10-/m1/s1. The van der Waals surface area contributed by atoms with E-state index in [1.165, 1.54) is 0 Å². The van der Waals surface area contributed by atoms with E-state index in [4.69, 9.17) is 28.3 Å². The molecule has 2 aromatic rings. The van der Waals surface area contributed by atoms with Gasteiger partial charge in [0.2, 0.25) is 0 Å². The van der Waals surface area contributed by atoms with Crippen LogP contribution in [-0.2, 0) is 7.05 Å². The Morgan fingerprint density at radius 1 is 1.35 bits per heavy atom. The molecule has 1 aliphatic rings. The first-order valence-corrected chi connectivity index (χ1v) is 8.45. The van der Waals surface area contributed by atoms with Crippen molar-refractivity contribution in [1.82, 2.24) is 14.5 Å². The molecule has 0 aliphatic carbocycles. The zero-order valence-corrected chi connectivity index (χ0v) is 14.4. The number of aliphatic hydroxyl groups excluding tert-OH is 1. The van der Waals surface area contributed by atoms with Crippen molar-refractivity contribution in [2.45, 2.75) is 18.8 Å². The van der Waals surface area contributed by atoms with E-state index in [0.29, 0.717) is 27.5 Å². The average Bonchev–Trinajstić information content (AvgIpc) is 2.53. The highest BCUT2D eigenvalue weighted by atomic mass is 35.5. The topological polar surface area (TPSA) is 58.4 Å². The third-order valence-corrected chi connectivity index (χ3v) is 5.16. The van der Waals surface area contributed by atoms with Crippen LogP contribution in [0.3, 0.4) is 0 Å². The lowest BCUT2D eigenvalue weighted by Gasteiger charge is -2.32. The van der Waals surface area contributed by atoms with Crippen LogP contribution < -0.4 is 5.56 Å². The van der Waals surface area contributed by atoms with Gasteiger partial charge in [0.25, 0.3) is 5.56 Å². The maximum Gasteiger partial charge on any atom is 0.261 e. The number of likely N-dealkylation sites (tertiary alicyclic amines) is 1. The number of aromatic nitrogens is 2. The lowest BCUT2D eigenvalue weighted by molar-refractivity contribution is 0.158. The minimum Gasteiger partial charge on any atom is -0.395 e. The first kappa shape index (κ1) is 16.7. The lowest BCUT2D eigenvalue weighted by Crippen LogP contribution is -2.38. The highest BCUT2D eigenvalue weighted by Crippen LogP contribution is 2.28. The molecular weight excluding hydrogens is 337 g/mol. The number of rotatable bonds is 3. The molecule has 1 aromatic carbocycles. The normalized spacial score (nSPS) is 19.4. The van der Waals surface area contributed by atoms with Gasteiger partial charge in [-0.1, -0.05) is 23.2 Å². The van der Waals surface area contributed by atoms with Crippen LogP contribution >= 0.6 is 23.2 Å². The molecule has 1 N–H and O–H groups in total. The Kier molecular flexibility index (Phi) is 4.92. The molecular formula is C16H19Cl2N3O2. The molecule has 3 rings (SSSR count). The van der Waals surface area contributed by atoms with Crippen molar-refractivity contribution >= 4 is 34.1 Å². The van der Waals surface area contributed by atoms with Gasteiger partial charge in [-0.2, -0.15) is 0 Å². The maximum atomic E-state index is 12.6. The number of aliphatic hydroxyl groups is 1. The van der Waals surface area contributed by atoms with Crippen LogP contribution in [0.4, 0.5) is 0 Å². The SMILES string of the molecule is Cn1c([C@@H]2CCCN(CCO)C2)nc2cc(Cl)c(Cl)cc2c1=O. The van der Waals surface area contributed by atoms with Crippen molar-refractivity contribution < 1.29 is 5.11 Å². The van der Waals surface area contributed by atoms with Gasteiger partial charge in [0, 0.05) is 26.1 Å². The van der Waals surface area contributed by atoms with Gasteiger partial charge >= 0.3 is 0 Å². The van der Waals surface area contributed by atoms with Crippen molar-refractivity contribution in [3.63, 3.8) is 0 Å². The molecule has 0 bridgehead atoms. The van der Waals surface area contributed by atoms with Gasteiger partial charge in [-0.3, -0.25) is 9.36 Å². The summed E-state index contributed by atoms with van der Waals surface area (Å²) in [7, 11) is 1.75. The van der Waals surface area contributed by atoms with Crippen molar-refractivity contribution in [3.8, 4) is 0 Å². The number of benzene rings is 1. The Hall–Kier alpha value is -1.14. The second-order valence-corrected chi connectivity index (χ2v) is 6.80. The molecule has 1 aromatic heterocycles. The highest BCUT2D eigenvalue weighted by Gasteiger charge is 2.25. The number of halogens is 2. The van der Waals surface area contributed by atoms with Crippen LogP contribution in [0.5, 0.6) is 0 Å². The number of hydrogen-bond acceptors (Lipinski definition) is 4. The molecule has 1 fully saturated rings. The molecule has 0 saturated carbocycles. The van der Waals surface area contributed by atoms with Gasteiger partial charge < -0.3 is 10.0 Å². The summed E-state index contributed by atoms with van der Waals surface area (Å²) in [6.45, 7) is 2.57. The quantitative estimate of drug-likeness (QED) is 0.918. The molecule has 0 amide bonds.